The highest BCUT2D eigenvalue weighted by molar-refractivity contribution is 5.71. The van der Waals surface area contributed by atoms with Gasteiger partial charge in [-0.3, -0.25) is 0 Å². The summed E-state index contributed by atoms with van der Waals surface area (Å²) >= 11 is 0. The van der Waals surface area contributed by atoms with Crippen molar-refractivity contribution in [2.75, 3.05) is 18.5 Å². The quantitative estimate of drug-likeness (QED) is 0.705. The predicted molar refractivity (Wildman–Crippen MR) is 94.8 cm³/mol. The summed E-state index contributed by atoms with van der Waals surface area (Å²) in [5.41, 5.74) is 6.17. The number of aromatic nitrogens is 4. The van der Waals surface area contributed by atoms with Crippen LogP contribution in [0.15, 0.2) is 24.5 Å². The molecule has 1 N–H and O–H groups in total. The van der Waals surface area contributed by atoms with Crippen LogP contribution in [-0.2, 0) is 0 Å². The van der Waals surface area contributed by atoms with Crippen LogP contribution in [0.4, 0.5) is 5.69 Å². The third-order valence-electron chi connectivity index (χ3n) is 4.21. The maximum atomic E-state index is 5.95. The van der Waals surface area contributed by atoms with Gasteiger partial charge in [-0.1, -0.05) is 18.2 Å². The number of fused-ring (bicyclic) bond motifs is 1. The number of benzene rings is 1. The molecule has 0 saturated carbocycles. The molecule has 0 bridgehead atoms. The van der Waals surface area contributed by atoms with Gasteiger partial charge in [-0.05, 0) is 50.8 Å². The second kappa shape index (κ2) is 6.86. The number of nitrogens with zero attached hydrogens (tertiary/aromatic N) is 4. The molecule has 0 spiro atoms. The third kappa shape index (κ3) is 3.18. The maximum absolute atomic E-state index is 5.95. The molecule has 0 radical (unpaired) electrons. The van der Waals surface area contributed by atoms with Crippen LogP contribution >= 0.6 is 0 Å². The molecule has 0 saturated heterocycles. The van der Waals surface area contributed by atoms with E-state index >= 15 is 0 Å². The molecule has 0 fully saturated rings. The summed E-state index contributed by atoms with van der Waals surface area (Å²) in [4.78, 5) is 0. The SMILES string of the molecule is Cc1cccc(C)c1OCCCNc1c(C)c(C)nn2cnnc12. The summed E-state index contributed by atoms with van der Waals surface area (Å²) in [5.74, 6) is 0.994. The smallest absolute Gasteiger partial charge is 0.200 e. The molecule has 0 amide bonds. The minimum atomic E-state index is 0.671. The van der Waals surface area contributed by atoms with Crippen LogP contribution in [0.5, 0.6) is 5.75 Å². The molecule has 126 valence electrons. The van der Waals surface area contributed by atoms with Crippen molar-refractivity contribution in [1.29, 1.82) is 0 Å². The summed E-state index contributed by atoms with van der Waals surface area (Å²) in [6.07, 6.45) is 2.52. The van der Waals surface area contributed by atoms with Crippen molar-refractivity contribution in [3.63, 3.8) is 0 Å². The normalized spacial score (nSPS) is 11.0. The van der Waals surface area contributed by atoms with Gasteiger partial charge >= 0.3 is 0 Å². The van der Waals surface area contributed by atoms with Crippen LogP contribution in [0.3, 0.4) is 0 Å². The Morgan fingerprint density at radius 2 is 1.88 bits per heavy atom. The van der Waals surface area contributed by atoms with E-state index in [0.717, 1.165) is 41.3 Å². The molecule has 3 rings (SSSR count). The van der Waals surface area contributed by atoms with Crippen LogP contribution in [0.25, 0.3) is 5.65 Å². The van der Waals surface area contributed by atoms with Crippen LogP contribution in [0.1, 0.15) is 28.8 Å². The minimum absolute atomic E-state index is 0.671. The predicted octanol–water partition coefficient (Wildman–Crippen LogP) is 3.24. The largest absolute Gasteiger partial charge is 0.493 e. The molecule has 2 heterocycles. The molecule has 0 aliphatic carbocycles. The van der Waals surface area contributed by atoms with Crippen molar-refractivity contribution >= 4 is 11.3 Å². The molecule has 0 aliphatic heterocycles. The second-order valence-electron chi connectivity index (χ2n) is 6.03. The third-order valence-corrected chi connectivity index (χ3v) is 4.21. The van der Waals surface area contributed by atoms with E-state index in [0.29, 0.717) is 6.61 Å². The first-order valence-electron chi connectivity index (χ1n) is 8.18. The van der Waals surface area contributed by atoms with Gasteiger partial charge in [-0.15, -0.1) is 10.2 Å². The number of hydrogen-bond donors (Lipinski definition) is 1. The van der Waals surface area contributed by atoms with Gasteiger partial charge in [-0.25, -0.2) is 0 Å². The highest BCUT2D eigenvalue weighted by Crippen LogP contribution is 2.23. The Kier molecular flexibility index (Phi) is 4.64. The van der Waals surface area contributed by atoms with Gasteiger partial charge < -0.3 is 10.1 Å². The van der Waals surface area contributed by atoms with Gasteiger partial charge in [0.15, 0.2) is 0 Å². The molecule has 6 heteroatoms. The lowest BCUT2D eigenvalue weighted by Gasteiger charge is -2.14. The van der Waals surface area contributed by atoms with E-state index in [-0.39, 0.29) is 0 Å². The molecule has 0 atom stereocenters. The Hall–Kier alpha value is -2.63. The van der Waals surface area contributed by atoms with E-state index < -0.39 is 0 Å². The number of ether oxygens (including phenoxy) is 1. The first-order chi connectivity index (χ1) is 11.6. The molecule has 6 nitrogen and oxygen atoms in total. The van der Waals surface area contributed by atoms with E-state index in [1.807, 2.05) is 13.8 Å². The van der Waals surface area contributed by atoms with Crippen molar-refractivity contribution in [2.24, 2.45) is 0 Å². The van der Waals surface area contributed by atoms with Gasteiger partial charge in [0.2, 0.25) is 5.65 Å². The van der Waals surface area contributed by atoms with Crippen LogP contribution in [0, 0.1) is 27.7 Å². The van der Waals surface area contributed by atoms with Crippen molar-refractivity contribution in [3.8, 4) is 5.75 Å². The summed E-state index contributed by atoms with van der Waals surface area (Å²) < 4.78 is 7.65. The standard InChI is InChI=1S/C18H23N5O/c1-12-7-5-8-13(2)17(12)24-10-6-9-19-16-14(3)15(4)22-23-11-20-21-18(16)23/h5,7-8,11,19H,6,9-10H2,1-4H3. The molecule has 2 aromatic heterocycles. The van der Waals surface area contributed by atoms with Crippen LogP contribution < -0.4 is 10.1 Å². The summed E-state index contributed by atoms with van der Waals surface area (Å²) in [6, 6.07) is 6.20. The fourth-order valence-corrected chi connectivity index (χ4v) is 2.75. The summed E-state index contributed by atoms with van der Waals surface area (Å²) in [7, 11) is 0. The van der Waals surface area contributed by atoms with Crippen molar-refractivity contribution in [1.82, 2.24) is 19.8 Å². The molecule has 0 aliphatic rings. The average Bonchev–Trinajstić information content (AvgIpc) is 3.00. The summed E-state index contributed by atoms with van der Waals surface area (Å²) in [6.45, 7) is 9.66. The highest BCUT2D eigenvalue weighted by Gasteiger charge is 2.11. The van der Waals surface area contributed by atoms with E-state index in [4.69, 9.17) is 4.74 Å². The van der Waals surface area contributed by atoms with Crippen molar-refractivity contribution < 1.29 is 4.74 Å². The average molecular weight is 325 g/mol. The number of aryl methyl sites for hydroxylation is 3. The number of hydrogen-bond acceptors (Lipinski definition) is 5. The van der Waals surface area contributed by atoms with Crippen LogP contribution in [0.2, 0.25) is 0 Å². The Morgan fingerprint density at radius 1 is 1.12 bits per heavy atom. The lowest BCUT2D eigenvalue weighted by atomic mass is 10.1. The Labute approximate surface area is 141 Å². The van der Waals surface area contributed by atoms with Gasteiger partial charge in [-0.2, -0.15) is 9.61 Å². The lowest BCUT2D eigenvalue weighted by Crippen LogP contribution is -2.11. The number of para-hydroxylation sites is 1. The van der Waals surface area contributed by atoms with Crippen molar-refractivity contribution in [3.05, 3.63) is 46.9 Å². The molecule has 24 heavy (non-hydrogen) atoms. The fourth-order valence-electron chi connectivity index (χ4n) is 2.75. The van der Waals surface area contributed by atoms with Gasteiger partial charge in [0.1, 0.15) is 12.1 Å². The molecule has 1 aromatic carbocycles. The maximum Gasteiger partial charge on any atom is 0.200 e. The topological polar surface area (TPSA) is 64.3 Å². The van der Waals surface area contributed by atoms with E-state index in [9.17, 15) is 0 Å². The van der Waals surface area contributed by atoms with E-state index in [1.165, 1.54) is 11.1 Å². The van der Waals surface area contributed by atoms with Crippen LogP contribution in [-0.4, -0.2) is 33.0 Å². The number of rotatable bonds is 6. The first-order valence-corrected chi connectivity index (χ1v) is 8.18. The second-order valence-corrected chi connectivity index (χ2v) is 6.03. The zero-order valence-corrected chi connectivity index (χ0v) is 14.6. The molecular weight excluding hydrogens is 302 g/mol. The fraction of sp³-hybridized carbons (Fsp3) is 0.389. The van der Waals surface area contributed by atoms with E-state index in [1.54, 1.807) is 10.8 Å². The summed E-state index contributed by atoms with van der Waals surface area (Å²) in [5, 5.41) is 16.0. The van der Waals surface area contributed by atoms with Crippen molar-refractivity contribution in [2.45, 2.75) is 34.1 Å². The monoisotopic (exact) mass is 325 g/mol. The van der Waals surface area contributed by atoms with Gasteiger partial charge in [0, 0.05) is 6.54 Å². The van der Waals surface area contributed by atoms with Gasteiger partial charge in [0.25, 0.3) is 0 Å². The Morgan fingerprint density at radius 3 is 2.62 bits per heavy atom. The Bertz CT molecular complexity index is 836. The first kappa shape index (κ1) is 16.2. The number of anilines is 1. The van der Waals surface area contributed by atoms with E-state index in [2.05, 4.69) is 52.7 Å². The minimum Gasteiger partial charge on any atom is -0.493 e. The number of nitrogens with one attached hydrogen (secondary N) is 1. The Balaban J connectivity index is 1.60. The zero-order valence-electron chi connectivity index (χ0n) is 14.6. The highest BCUT2D eigenvalue weighted by atomic mass is 16.5. The lowest BCUT2D eigenvalue weighted by molar-refractivity contribution is 0.311. The molecule has 0 unspecified atom stereocenters. The zero-order chi connectivity index (χ0) is 17.1. The van der Waals surface area contributed by atoms with Gasteiger partial charge in [0.05, 0.1) is 18.0 Å². The molecular formula is C18H23N5O. The molecule has 3 aromatic rings.